The lowest BCUT2D eigenvalue weighted by Crippen LogP contribution is -2.47. The van der Waals surface area contributed by atoms with Crippen LogP contribution in [0.15, 0.2) is 54.9 Å². The Hall–Kier alpha value is -3.65. The van der Waals surface area contributed by atoms with Gasteiger partial charge in [0.15, 0.2) is 0 Å². The van der Waals surface area contributed by atoms with Crippen molar-refractivity contribution in [1.82, 2.24) is 15.1 Å². The minimum atomic E-state index is -0.336. The summed E-state index contributed by atoms with van der Waals surface area (Å²) in [6.45, 7) is 7.08. The van der Waals surface area contributed by atoms with Crippen molar-refractivity contribution in [2.45, 2.75) is 109 Å². The Balaban J connectivity index is 1.15. The Bertz CT molecular complexity index is 1530. The van der Waals surface area contributed by atoms with E-state index >= 15 is 0 Å². The van der Waals surface area contributed by atoms with Gasteiger partial charge >= 0.3 is 0 Å². The third kappa shape index (κ3) is 7.75. The molecule has 8 nitrogen and oxygen atoms in total. The van der Waals surface area contributed by atoms with Gasteiger partial charge in [-0.3, -0.25) is 14.3 Å². The average Bonchev–Trinajstić information content (AvgIpc) is 3.57. The summed E-state index contributed by atoms with van der Waals surface area (Å²) in [6.07, 6.45) is 12.4. The average molecular weight is 641 g/mol. The van der Waals surface area contributed by atoms with E-state index in [1.54, 1.807) is 7.11 Å². The number of rotatable bonds is 10. The zero-order valence-corrected chi connectivity index (χ0v) is 28.5. The first-order chi connectivity index (χ1) is 22.7. The van der Waals surface area contributed by atoms with Gasteiger partial charge < -0.3 is 20.1 Å². The lowest BCUT2D eigenvalue weighted by molar-refractivity contribution is -0.132. The molecule has 3 fully saturated rings. The molecule has 0 unspecified atom stereocenters. The van der Waals surface area contributed by atoms with Crippen LogP contribution in [0, 0.1) is 24.7 Å². The van der Waals surface area contributed by atoms with Crippen LogP contribution in [-0.2, 0) is 9.59 Å². The van der Waals surface area contributed by atoms with Crippen molar-refractivity contribution in [3.05, 3.63) is 66.0 Å². The van der Waals surface area contributed by atoms with Crippen LogP contribution in [0.3, 0.4) is 0 Å². The maximum absolute atomic E-state index is 14.4. The molecule has 0 saturated heterocycles. The van der Waals surface area contributed by atoms with E-state index in [2.05, 4.69) is 84.7 Å². The van der Waals surface area contributed by atoms with Crippen molar-refractivity contribution in [3.8, 4) is 16.9 Å². The fourth-order valence-electron chi connectivity index (χ4n) is 7.86. The van der Waals surface area contributed by atoms with E-state index in [9.17, 15) is 14.7 Å². The summed E-state index contributed by atoms with van der Waals surface area (Å²) in [5, 5.41) is 17.4. The minimum Gasteiger partial charge on any atom is -0.496 e. The lowest BCUT2D eigenvalue weighted by atomic mass is 9.78. The monoisotopic (exact) mass is 640 g/mol. The zero-order chi connectivity index (χ0) is 33.1. The van der Waals surface area contributed by atoms with E-state index in [0.29, 0.717) is 24.7 Å². The lowest BCUT2D eigenvalue weighted by Gasteiger charge is -2.37. The SMILES string of the molecule is COc1ccc([C@H]2CC[C@H](CN(C(=O)C3CCC(NC(=O)C4CC(O)C4)CC3)c3cccc(-c4cnn(C(C)C)c4)c3)CC2)cc1C. The van der Waals surface area contributed by atoms with Crippen molar-refractivity contribution >= 4 is 17.5 Å². The maximum Gasteiger partial charge on any atom is 0.230 e. The number of nitrogens with zero attached hydrogens (tertiary/aromatic N) is 3. The number of ether oxygens (including phenoxy) is 1. The van der Waals surface area contributed by atoms with Crippen LogP contribution in [0.2, 0.25) is 0 Å². The summed E-state index contributed by atoms with van der Waals surface area (Å²) >= 11 is 0. The molecular formula is C39H52N4O4. The number of nitrogens with one attached hydrogen (secondary N) is 1. The molecular weight excluding hydrogens is 588 g/mol. The summed E-state index contributed by atoms with van der Waals surface area (Å²) in [5.74, 6) is 2.06. The van der Waals surface area contributed by atoms with Crippen LogP contribution in [0.5, 0.6) is 5.75 Å². The molecule has 2 aromatic carbocycles. The van der Waals surface area contributed by atoms with Crippen LogP contribution in [0.4, 0.5) is 5.69 Å². The molecule has 0 spiro atoms. The van der Waals surface area contributed by atoms with E-state index in [1.807, 2.05) is 10.9 Å². The number of methoxy groups -OCH3 is 1. The number of amides is 2. The molecule has 8 heteroatoms. The van der Waals surface area contributed by atoms with Gasteiger partial charge in [-0.2, -0.15) is 5.10 Å². The van der Waals surface area contributed by atoms with Gasteiger partial charge in [0, 0.05) is 47.9 Å². The third-order valence-electron chi connectivity index (χ3n) is 11.0. The van der Waals surface area contributed by atoms with Crippen LogP contribution >= 0.6 is 0 Å². The van der Waals surface area contributed by atoms with Gasteiger partial charge in [-0.15, -0.1) is 0 Å². The van der Waals surface area contributed by atoms with Crippen molar-refractivity contribution in [1.29, 1.82) is 0 Å². The van der Waals surface area contributed by atoms with Crippen LogP contribution in [0.1, 0.15) is 101 Å². The molecule has 3 aliphatic carbocycles. The number of carbonyl (C=O) groups excluding carboxylic acids is 2. The summed E-state index contributed by atoms with van der Waals surface area (Å²) in [4.78, 5) is 29.1. The maximum atomic E-state index is 14.4. The molecule has 0 bridgehead atoms. The number of aryl methyl sites for hydroxylation is 1. The highest BCUT2D eigenvalue weighted by atomic mass is 16.5. The second-order valence-corrected chi connectivity index (χ2v) is 14.6. The molecule has 2 amide bonds. The molecule has 2 N–H and O–H groups in total. The molecule has 3 aliphatic rings. The molecule has 3 aromatic rings. The Kier molecular flexibility index (Phi) is 10.4. The fraction of sp³-hybridized carbons (Fsp3) is 0.564. The zero-order valence-electron chi connectivity index (χ0n) is 28.5. The van der Waals surface area contributed by atoms with Crippen molar-refractivity contribution < 1.29 is 19.4 Å². The number of aliphatic hydroxyl groups excluding tert-OH is 1. The number of carbonyl (C=O) groups is 2. The highest BCUT2D eigenvalue weighted by molar-refractivity contribution is 5.95. The smallest absolute Gasteiger partial charge is 0.230 e. The van der Waals surface area contributed by atoms with E-state index in [4.69, 9.17) is 4.74 Å². The molecule has 0 atom stereocenters. The Morgan fingerprint density at radius 1 is 0.979 bits per heavy atom. The first-order valence-electron chi connectivity index (χ1n) is 17.8. The van der Waals surface area contributed by atoms with Crippen molar-refractivity contribution in [2.24, 2.45) is 17.8 Å². The largest absolute Gasteiger partial charge is 0.496 e. The summed E-state index contributed by atoms with van der Waals surface area (Å²) in [5.41, 5.74) is 5.65. The molecule has 1 heterocycles. The number of hydrogen-bond acceptors (Lipinski definition) is 5. The van der Waals surface area contributed by atoms with Gasteiger partial charge in [-0.25, -0.2) is 0 Å². The van der Waals surface area contributed by atoms with E-state index < -0.39 is 0 Å². The van der Waals surface area contributed by atoms with Gasteiger partial charge in [0.25, 0.3) is 0 Å². The number of aliphatic hydroxyl groups is 1. The van der Waals surface area contributed by atoms with Gasteiger partial charge in [0.05, 0.1) is 19.4 Å². The third-order valence-corrected chi connectivity index (χ3v) is 11.0. The number of anilines is 1. The Morgan fingerprint density at radius 2 is 1.72 bits per heavy atom. The Labute approximate surface area is 279 Å². The van der Waals surface area contributed by atoms with Crippen molar-refractivity contribution in [3.63, 3.8) is 0 Å². The molecule has 1 aromatic heterocycles. The summed E-state index contributed by atoms with van der Waals surface area (Å²) in [7, 11) is 1.72. The van der Waals surface area contributed by atoms with Gasteiger partial charge in [-0.05, 0) is 132 Å². The van der Waals surface area contributed by atoms with Crippen LogP contribution in [0.25, 0.3) is 11.1 Å². The summed E-state index contributed by atoms with van der Waals surface area (Å²) in [6, 6.07) is 15.4. The van der Waals surface area contributed by atoms with E-state index in [1.165, 1.54) is 11.1 Å². The molecule has 47 heavy (non-hydrogen) atoms. The van der Waals surface area contributed by atoms with E-state index in [0.717, 1.165) is 80.5 Å². The number of aromatic nitrogens is 2. The van der Waals surface area contributed by atoms with Gasteiger partial charge in [0.2, 0.25) is 11.8 Å². The number of hydrogen-bond donors (Lipinski definition) is 2. The predicted molar refractivity (Wildman–Crippen MR) is 185 cm³/mol. The molecule has 3 saturated carbocycles. The van der Waals surface area contributed by atoms with E-state index in [-0.39, 0.29) is 41.8 Å². The highest BCUT2D eigenvalue weighted by Gasteiger charge is 2.36. The van der Waals surface area contributed by atoms with Crippen LogP contribution in [-0.4, -0.2) is 52.5 Å². The first-order valence-corrected chi connectivity index (χ1v) is 17.8. The topological polar surface area (TPSA) is 96.7 Å². The first kappa shape index (κ1) is 33.3. The normalized spacial score (nSPS) is 26.0. The standard InChI is InChI=1S/C39H52N4O4/c1-25(2)43-24-33(22-40-43)30-6-5-7-35(19-30)42(23-27-8-10-28(11-9-27)31-14-17-37(47-4)26(3)18-31)39(46)29-12-15-34(16-13-29)41-38(45)32-20-36(44)21-32/h5-7,14,17-19,22,24-25,27-29,32,34,36,44H,8-13,15-16,20-21,23H2,1-4H3,(H,41,45)/t27-,28-,29?,32?,34?,36?. The molecule has 0 radical (unpaired) electrons. The van der Waals surface area contributed by atoms with Gasteiger partial charge in [0.1, 0.15) is 5.75 Å². The second-order valence-electron chi connectivity index (χ2n) is 14.6. The van der Waals surface area contributed by atoms with Crippen LogP contribution < -0.4 is 15.0 Å². The quantitative estimate of drug-likeness (QED) is 0.244. The molecule has 252 valence electrons. The summed E-state index contributed by atoms with van der Waals surface area (Å²) < 4.78 is 7.45. The second kappa shape index (κ2) is 14.6. The van der Waals surface area contributed by atoms with Gasteiger partial charge in [-0.1, -0.05) is 24.3 Å². The highest BCUT2D eigenvalue weighted by Crippen LogP contribution is 2.39. The fourth-order valence-corrected chi connectivity index (χ4v) is 7.86. The molecule has 0 aliphatic heterocycles. The predicted octanol–water partition coefficient (Wildman–Crippen LogP) is 7.20. The Morgan fingerprint density at radius 3 is 2.36 bits per heavy atom. The van der Waals surface area contributed by atoms with Crippen molar-refractivity contribution in [2.75, 3.05) is 18.6 Å². The molecule has 6 rings (SSSR count). The minimum absolute atomic E-state index is 0.0559. The number of benzene rings is 2.